The topological polar surface area (TPSA) is 67.2 Å². The highest BCUT2D eigenvalue weighted by Gasteiger charge is 2.34. The fourth-order valence-corrected chi connectivity index (χ4v) is 3.62. The van der Waals surface area contributed by atoms with Crippen LogP contribution in [0.15, 0.2) is 48.9 Å². The van der Waals surface area contributed by atoms with Crippen LogP contribution in [0.2, 0.25) is 5.02 Å². The summed E-state index contributed by atoms with van der Waals surface area (Å²) in [5.74, 6) is -1.29. The lowest BCUT2D eigenvalue weighted by Gasteiger charge is -2.33. The molecule has 1 atom stereocenters. The van der Waals surface area contributed by atoms with Crippen LogP contribution in [-0.4, -0.2) is 27.9 Å². The van der Waals surface area contributed by atoms with Gasteiger partial charge < -0.3 is 14.8 Å². The van der Waals surface area contributed by atoms with E-state index in [0.29, 0.717) is 17.9 Å². The molecule has 0 spiro atoms. The number of rotatable bonds is 3. The van der Waals surface area contributed by atoms with Crippen molar-refractivity contribution in [2.45, 2.75) is 19.9 Å². The SMILES string of the molecule is Cc1ccncc1NC(=O)c1ccn2c1C(=O)N(c1ccc(F)c(Cl)c1)C[C@@H]2C. The monoisotopic (exact) mass is 412 g/mol. The van der Waals surface area contributed by atoms with Crippen molar-refractivity contribution in [3.05, 3.63) is 76.6 Å². The molecule has 2 aromatic heterocycles. The van der Waals surface area contributed by atoms with Crippen LogP contribution in [0.3, 0.4) is 0 Å². The third kappa shape index (κ3) is 3.38. The fraction of sp³-hybridized carbons (Fsp3) is 0.190. The minimum atomic E-state index is -0.553. The van der Waals surface area contributed by atoms with Crippen LogP contribution in [0.25, 0.3) is 0 Å². The zero-order valence-corrected chi connectivity index (χ0v) is 16.6. The summed E-state index contributed by atoms with van der Waals surface area (Å²) in [6.45, 7) is 4.19. The summed E-state index contributed by atoms with van der Waals surface area (Å²) in [4.78, 5) is 31.7. The van der Waals surface area contributed by atoms with Crippen molar-refractivity contribution in [1.29, 1.82) is 0 Å². The van der Waals surface area contributed by atoms with Gasteiger partial charge in [0.2, 0.25) is 0 Å². The van der Waals surface area contributed by atoms with Crippen molar-refractivity contribution < 1.29 is 14.0 Å². The van der Waals surface area contributed by atoms with E-state index >= 15 is 0 Å². The minimum absolute atomic E-state index is 0.0612. The van der Waals surface area contributed by atoms with Crippen LogP contribution >= 0.6 is 11.6 Å². The maximum absolute atomic E-state index is 13.5. The van der Waals surface area contributed by atoms with Gasteiger partial charge in [-0.3, -0.25) is 14.6 Å². The Labute approximate surface area is 171 Å². The second-order valence-electron chi connectivity index (χ2n) is 6.99. The molecule has 148 valence electrons. The normalized spacial score (nSPS) is 15.9. The number of hydrogen-bond donors (Lipinski definition) is 1. The van der Waals surface area contributed by atoms with Gasteiger partial charge in [0.15, 0.2) is 0 Å². The van der Waals surface area contributed by atoms with E-state index in [1.165, 1.54) is 23.1 Å². The Bertz CT molecular complexity index is 1130. The summed E-state index contributed by atoms with van der Waals surface area (Å²) in [7, 11) is 0. The second-order valence-corrected chi connectivity index (χ2v) is 7.40. The summed E-state index contributed by atoms with van der Waals surface area (Å²) >= 11 is 5.89. The first kappa shape index (κ1) is 19.1. The van der Waals surface area contributed by atoms with Crippen molar-refractivity contribution in [3.8, 4) is 0 Å². The zero-order valence-electron chi connectivity index (χ0n) is 15.8. The van der Waals surface area contributed by atoms with E-state index in [9.17, 15) is 14.0 Å². The number of amides is 2. The number of anilines is 2. The fourth-order valence-electron chi connectivity index (χ4n) is 3.45. The molecule has 4 rings (SSSR count). The van der Waals surface area contributed by atoms with Gasteiger partial charge >= 0.3 is 0 Å². The number of aromatic nitrogens is 2. The molecule has 6 nitrogen and oxygen atoms in total. The van der Waals surface area contributed by atoms with Crippen LogP contribution in [-0.2, 0) is 0 Å². The summed E-state index contributed by atoms with van der Waals surface area (Å²) in [6, 6.07) is 7.49. The molecule has 1 aliphatic rings. The number of nitrogens with zero attached hydrogens (tertiary/aromatic N) is 3. The molecule has 3 heterocycles. The maximum Gasteiger partial charge on any atom is 0.275 e. The Morgan fingerprint density at radius 3 is 2.83 bits per heavy atom. The van der Waals surface area contributed by atoms with Gasteiger partial charge in [-0.05, 0) is 49.7 Å². The van der Waals surface area contributed by atoms with Crippen LogP contribution in [0, 0.1) is 12.7 Å². The molecule has 1 aliphatic heterocycles. The average Bonchev–Trinajstić information content (AvgIpc) is 3.15. The molecule has 1 aromatic carbocycles. The summed E-state index contributed by atoms with van der Waals surface area (Å²) < 4.78 is 15.3. The molecule has 0 saturated heterocycles. The van der Waals surface area contributed by atoms with Gasteiger partial charge in [-0.1, -0.05) is 11.6 Å². The highest BCUT2D eigenvalue weighted by atomic mass is 35.5. The van der Waals surface area contributed by atoms with Crippen molar-refractivity contribution in [1.82, 2.24) is 9.55 Å². The van der Waals surface area contributed by atoms with Crippen LogP contribution in [0.1, 0.15) is 39.4 Å². The molecular weight excluding hydrogens is 395 g/mol. The first-order valence-corrected chi connectivity index (χ1v) is 9.44. The number of nitrogens with one attached hydrogen (secondary N) is 1. The number of carbonyl (C=O) groups excluding carboxylic acids is 2. The number of aryl methyl sites for hydroxylation is 1. The van der Waals surface area contributed by atoms with Crippen molar-refractivity contribution in [2.75, 3.05) is 16.8 Å². The third-order valence-corrected chi connectivity index (χ3v) is 5.32. The van der Waals surface area contributed by atoms with Crippen molar-refractivity contribution in [3.63, 3.8) is 0 Å². The Hall–Kier alpha value is -3.19. The second kappa shape index (κ2) is 7.33. The van der Waals surface area contributed by atoms with Gasteiger partial charge in [-0.15, -0.1) is 0 Å². The first-order chi connectivity index (χ1) is 13.9. The average molecular weight is 413 g/mol. The third-order valence-electron chi connectivity index (χ3n) is 5.03. The van der Waals surface area contributed by atoms with E-state index in [0.717, 1.165) is 5.56 Å². The van der Waals surface area contributed by atoms with Gasteiger partial charge in [0.05, 0.1) is 22.5 Å². The number of benzene rings is 1. The molecule has 0 fully saturated rings. The molecule has 3 aromatic rings. The lowest BCUT2D eigenvalue weighted by Crippen LogP contribution is -2.43. The summed E-state index contributed by atoms with van der Waals surface area (Å²) in [5, 5.41) is 2.75. The van der Waals surface area contributed by atoms with Gasteiger partial charge in [-0.25, -0.2) is 4.39 Å². The van der Waals surface area contributed by atoms with E-state index in [1.54, 1.807) is 35.3 Å². The summed E-state index contributed by atoms with van der Waals surface area (Å²) in [5.41, 5.74) is 2.47. The molecule has 0 bridgehead atoms. The largest absolute Gasteiger partial charge is 0.338 e. The van der Waals surface area contributed by atoms with Gasteiger partial charge in [-0.2, -0.15) is 0 Å². The number of halogens is 2. The number of hydrogen-bond acceptors (Lipinski definition) is 3. The van der Waals surface area contributed by atoms with Crippen molar-refractivity contribution in [2.24, 2.45) is 0 Å². The van der Waals surface area contributed by atoms with E-state index in [-0.39, 0.29) is 28.2 Å². The number of fused-ring (bicyclic) bond motifs is 1. The van der Waals surface area contributed by atoms with Gasteiger partial charge in [0.1, 0.15) is 11.5 Å². The molecule has 2 amide bonds. The standard InChI is InChI=1S/C21H18ClFN4O2/c1-12-5-7-24-10-18(12)25-20(28)15-6-8-26-13(2)11-27(21(29)19(15)26)14-3-4-17(23)16(22)9-14/h3-10,13H,11H2,1-2H3,(H,25,28)/t13-/m0/s1. The molecule has 0 unspecified atom stereocenters. The van der Waals surface area contributed by atoms with Gasteiger partial charge in [0.25, 0.3) is 11.8 Å². The highest BCUT2D eigenvalue weighted by molar-refractivity contribution is 6.31. The predicted molar refractivity (Wildman–Crippen MR) is 109 cm³/mol. The molecule has 0 aliphatic carbocycles. The minimum Gasteiger partial charge on any atom is -0.338 e. The zero-order chi connectivity index (χ0) is 20.7. The van der Waals surface area contributed by atoms with E-state index < -0.39 is 11.7 Å². The van der Waals surface area contributed by atoms with Crippen LogP contribution < -0.4 is 10.2 Å². The maximum atomic E-state index is 13.5. The Kier molecular flexibility index (Phi) is 4.84. The van der Waals surface area contributed by atoms with E-state index in [2.05, 4.69) is 10.3 Å². The predicted octanol–water partition coefficient (Wildman–Crippen LogP) is 4.46. The lowest BCUT2D eigenvalue weighted by molar-refractivity contribution is 0.0942. The van der Waals surface area contributed by atoms with Crippen molar-refractivity contribution >= 4 is 34.8 Å². The molecular formula is C21H18ClFN4O2. The molecule has 8 heteroatoms. The number of carbonyl (C=O) groups is 2. The summed E-state index contributed by atoms with van der Waals surface area (Å²) in [6.07, 6.45) is 4.94. The molecule has 0 saturated carbocycles. The lowest BCUT2D eigenvalue weighted by atomic mass is 10.1. The Balaban J connectivity index is 1.70. The smallest absolute Gasteiger partial charge is 0.275 e. The van der Waals surface area contributed by atoms with Gasteiger partial charge in [0, 0.05) is 30.7 Å². The quantitative estimate of drug-likeness (QED) is 0.690. The highest BCUT2D eigenvalue weighted by Crippen LogP contribution is 2.31. The number of pyridine rings is 1. The van der Waals surface area contributed by atoms with Crippen LogP contribution in [0.4, 0.5) is 15.8 Å². The molecule has 1 N–H and O–H groups in total. The molecule has 0 radical (unpaired) electrons. The Morgan fingerprint density at radius 1 is 1.31 bits per heavy atom. The van der Waals surface area contributed by atoms with E-state index in [4.69, 9.17) is 11.6 Å². The molecule has 29 heavy (non-hydrogen) atoms. The van der Waals surface area contributed by atoms with E-state index in [1.807, 2.05) is 13.8 Å². The van der Waals surface area contributed by atoms with Crippen LogP contribution in [0.5, 0.6) is 0 Å². The Morgan fingerprint density at radius 2 is 2.10 bits per heavy atom. The first-order valence-electron chi connectivity index (χ1n) is 9.06.